The van der Waals surface area contributed by atoms with Gasteiger partial charge in [0.25, 0.3) is 0 Å². The highest BCUT2D eigenvalue weighted by Gasteiger charge is 2.34. The quantitative estimate of drug-likeness (QED) is 0.670. The van der Waals surface area contributed by atoms with E-state index in [1.54, 1.807) is 0 Å². The summed E-state index contributed by atoms with van der Waals surface area (Å²) in [5.74, 6) is 2.50. The van der Waals surface area contributed by atoms with Crippen LogP contribution in [0.4, 0.5) is 0 Å². The van der Waals surface area contributed by atoms with Crippen LogP contribution in [0.25, 0.3) is 0 Å². The zero-order valence-corrected chi connectivity index (χ0v) is 9.09. The molecular weight excluding hydrogens is 146 g/mol. The summed E-state index contributed by atoms with van der Waals surface area (Å²) in [5, 5.41) is 3.68. The van der Waals surface area contributed by atoms with Gasteiger partial charge >= 0.3 is 0 Å². The summed E-state index contributed by atoms with van der Waals surface area (Å²) in [6, 6.07) is 1.48. The minimum atomic E-state index is 0.727. The Labute approximate surface area is 76.9 Å². The normalized spacial score (nSPS) is 36.8. The van der Waals surface area contributed by atoms with Crippen molar-refractivity contribution in [3.8, 4) is 0 Å². The van der Waals surface area contributed by atoms with Crippen LogP contribution in [0.3, 0.4) is 0 Å². The summed E-state index contributed by atoms with van der Waals surface area (Å²) in [6.45, 7) is 11.6. The summed E-state index contributed by atoms with van der Waals surface area (Å²) < 4.78 is 0. The molecule has 0 saturated carbocycles. The zero-order valence-electron chi connectivity index (χ0n) is 9.09. The molecule has 72 valence electrons. The lowest BCUT2D eigenvalue weighted by Gasteiger charge is -2.25. The van der Waals surface area contributed by atoms with Crippen molar-refractivity contribution in [3.05, 3.63) is 0 Å². The first kappa shape index (κ1) is 10.0. The summed E-state index contributed by atoms with van der Waals surface area (Å²) in [5.41, 5.74) is 0. The maximum Gasteiger partial charge on any atom is 0.0124 e. The van der Waals surface area contributed by atoms with Crippen molar-refractivity contribution < 1.29 is 0 Å². The Morgan fingerprint density at radius 3 is 2.00 bits per heavy atom. The molecule has 12 heavy (non-hydrogen) atoms. The van der Waals surface area contributed by atoms with Crippen LogP contribution < -0.4 is 5.32 Å². The molecular formula is C11H23N. The smallest absolute Gasteiger partial charge is 0.0124 e. The molecule has 1 aliphatic heterocycles. The lowest BCUT2D eigenvalue weighted by molar-refractivity contribution is 0.285. The predicted molar refractivity (Wildman–Crippen MR) is 54.2 cm³/mol. The number of hydrogen-bond acceptors (Lipinski definition) is 1. The van der Waals surface area contributed by atoms with E-state index in [-0.39, 0.29) is 0 Å². The van der Waals surface area contributed by atoms with Gasteiger partial charge in [-0.3, -0.25) is 0 Å². The van der Waals surface area contributed by atoms with Gasteiger partial charge in [0.1, 0.15) is 0 Å². The van der Waals surface area contributed by atoms with Crippen LogP contribution in [-0.4, -0.2) is 12.1 Å². The van der Waals surface area contributed by atoms with E-state index < -0.39 is 0 Å². The van der Waals surface area contributed by atoms with E-state index >= 15 is 0 Å². The van der Waals surface area contributed by atoms with Crippen molar-refractivity contribution in [1.82, 2.24) is 5.32 Å². The van der Waals surface area contributed by atoms with Crippen LogP contribution in [0.15, 0.2) is 0 Å². The van der Waals surface area contributed by atoms with Crippen LogP contribution in [-0.2, 0) is 0 Å². The summed E-state index contributed by atoms with van der Waals surface area (Å²) >= 11 is 0. The van der Waals surface area contributed by atoms with Gasteiger partial charge in [-0.05, 0) is 31.1 Å². The first-order valence-electron chi connectivity index (χ1n) is 5.28. The van der Waals surface area contributed by atoms with Gasteiger partial charge in [-0.1, -0.05) is 27.7 Å². The van der Waals surface area contributed by atoms with Gasteiger partial charge in [-0.15, -0.1) is 0 Å². The molecule has 3 atom stereocenters. The van der Waals surface area contributed by atoms with Gasteiger partial charge in [0.2, 0.25) is 0 Å². The third-order valence-electron chi connectivity index (χ3n) is 3.14. The van der Waals surface area contributed by atoms with E-state index in [0.29, 0.717) is 0 Å². The maximum absolute atomic E-state index is 3.68. The highest BCUT2D eigenvalue weighted by atomic mass is 15.0. The molecule has 1 rings (SSSR count). The van der Waals surface area contributed by atoms with Gasteiger partial charge in [-0.2, -0.15) is 0 Å². The molecule has 0 aromatic heterocycles. The Morgan fingerprint density at radius 2 is 1.67 bits per heavy atom. The van der Waals surface area contributed by atoms with Gasteiger partial charge in [-0.25, -0.2) is 0 Å². The van der Waals surface area contributed by atoms with Crippen molar-refractivity contribution in [1.29, 1.82) is 0 Å². The number of rotatable bonds is 2. The van der Waals surface area contributed by atoms with E-state index in [4.69, 9.17) is 0 Å². The lowest BCUT2D eigenvalue weighted by Crippen LogP contribution is -2.36. The van der Waals surface area contributed by atoms with Crippen LogP contribution in [0.1, 0.15) is 41.0 Å². The Morgan fingerprint density at radius 1 is 1.08 bits per heavy atom. The monoisotopic (exact) mass is 169 g/mol. The Bertz CT molecular complexity index is 124. The van der Waals surface area contributed by atoms with E-state index in [1.807, 2.05) is 0 Å². The van der Waals surface area contributed by atoms with Crippen molar-refractivity contribution in [2.45, 2.75) is 53.1 Å². The minimum absolute atomic E-state index is 0.727. The van der Waals surface area contributed by atoms with E-state index in [2.05, 4.69) is 39.9 Å². The average molecular weight is 169 g/mol. The second-order valence-electron chi connectivity index (χ2n) is 4.98. The highest BCUT2D eigenvalue weighted by Crippen LogP contribution is 2.31. The molecule has 1 aliphatic rings. The molecule has 1 nitrogen and oxygen atoms in total. The molecule has 1 heteroatoms. The molecule has 1 N–H and O–H groups in total. The van der Waals surface area contributed by atoms with Crippen LogP contribution in [0.5, 0.6) is 0 Å². The molecule has 0 radical (unpaired) electrons. The first-order valence-corrected chi connectivity index (χ1v) is 5.28. The topological polar surface area (TPSA) is 12.0 Å². The second-order valence-corrected chi connectivity index (χ2v) is 4.98. The second kappa shape index (κ2) is 3.78. The SMILES string of the molecule is CC1CC(C(C)C)C(C(C)C)N1. The standard InChI is InChI=1S/C11H23N/c1-7(2)10-6-9(5)12-11(10)8(3)4/h7-12H,6H2,1-5H3. The third kappa shape index (κ3) is 2.01. The fraction of sp³-hybridized carbons (Fsp3) is 1.00. The Balaban J connectivity index is 2.59. The minimum Gasteiger partial charge on any atom is -0.311 e. The van der Waals surface area contributed by atoms with E-state index in [9.17, 15) is 0 Å². The summed E-state index contributed by atoms with van der Waals surface area (Å²) in [6.07, 6.45) is 1.36. The van der Waals surface area contributed by atoms with Crippen molar-refractivity contribution in [3.63, 3.8) is 0 Å². The third-order valence-corrected chi connectivity index (χ3v) is 3.14. The average Bonchev–Trinajstić information content (AvgIpc) is 2.31. The molecule has 0 amide bonds. The van der Waals surface area contributed by atoms with Gasteiger partial charge < -0.3 is 5.32 Å². The molecule has 1 fully saturated rings. The first-order chi connectivity index (χ1) is 5.52. The van der Waals surface area contributed by atoms with Crippen molar-refractivity contribution >= 4 is 0 Å². The van der Waals surface area contributed by atoms with Crippen LogP contribution >= 0.6 is 0 Å². The Kier molecular flexibility index (Phi) is 3.16. The largest absolute Gasteiger partial charge is 0.311 e. The molecule has 1 saturated heterocycles. The molecule has 0 aromatic carbocycles. The molecule has 0 aromatic rings. The lowest BCUT2D eigenvalue weighted by atomic mass is 9.83. The predicted octanol–water partition coefficient (Wildman–Crippen LogP) is 2.67. The fourth-order valence-corrected chi connectivity index (χ4v) is 2.45. The van der Waals surface area contributed by atoms with Gasteiger partial charge in [0, 0.05) is 12.1 Å². The molecule has 0 bridgehead atoms. The molecule has 0 spiro atoms. The van der Waals surface area contributed by atoms with E-state index in [1.165, 1.54) is 6.42 Å². The summed E-state index contributed by atoms with van der Waals surface area (Å²) in [7, 11) is 0. The van der Waals surface area contributed by atoms with Crippen LogP contribution in [0, 0.1) is 17.8 Å². The van der Waals surface area contributed by atoms with Crippen LogP contribution in [0.2, 0.25) is 0 Å². The summed E-state index contributed by atoms with van der Waals surface area (Å²) in [4.78, 5) is 0. The maximum atomic E-state index is 3.68. The molecule has 1 heterocycles. The number of nitrogens with one attached hydrogen (secondary N) is 1. The highest BCUT2D eigenvalue weighted by molar-refractivity contribution is 4.91. The van der Waals surface area contributed by atoms with Gasteiger partial charge in [0.05, 0.1) is 0 Å². The molecule has 0 aliphatic carbocycles. The fourth-order valence-electron chi connectivity index (χ4n) is 2.45. The van der Waals surface area contributed by atoms with Crippen molar-refractivity contribution in [2.75, 3.05) is 0 Å². The van der Waals surface area contributed by atoms with E-state index in [0.717, 1.165) is 29.8 Å². The number of hydrogen-bond donors (Lipinski definition) is 1. The molecule has 3 unspecified atom stereocenters. The Hall–Kier alpha value is -0.0400. The van der Waals surface area contributed by atoms with Crippen molar-refractivity contribution in [2.24, 2.45) is 17.8 Å². The van der Waals surface area contributed by atoms with Gasteiger partial charge in [0.15, 0.2) is 0 Å². The zero-order chi connectivity index (χ0) is 9.30.